The van der Waals surface area contributed by atoms with Gasteiger partial charge < -0.3 is 10.7 Å². The highest BCUT2D eigenvalue weighted by molar-refractivity contribution is 6.17. The number of carbonyl (C=O) groups excluding carboxylic acids is 2. The first-order valence-corrected chi connectivity index (χ1v) is 6.63. The number of nitrogens with one attached hydrogen (secondary N) is 1. The summed E-state index contributed by atoms with van der Waals surface area (Å²) in [5.41, 5.74) is 3.92. The molecular formula is C16H8F2N4O2. The number of halogens is 2. The monoisotopic (exact) mass is 326 g/mol. The molecule has 24 heavy (non-hydrogen) atoms. The van der Waals surface area contributed by atoms with Crippen molar-refractivity contribution in [2.75, 3.05) is 0 Å². The van der Waals surface area contributed by atoms with Crippen LogP contribution in [-0.4, -0.2) is 21.7 Å². The van der Waals surface area contributed by atoms with Crippen LogP contribution in [0.5, 0.6) is 0 Å². The van der Waals surface area contributed by atoms with Crippen molar-refractivity contribution < 1.29 is 18.4 Å². The summed E-state index contributed by atoms with van der Waals surface area (Å²) in [5, 5.41) is 9.15. The summed E-state index contributed by atoms with van der Waals surface area (Å²) in [6.45, 7) is 0. The number of primary amides is 1. The molecule has 0 aliphatic heterocycles. The molecule has 1 amide bonds. The Kier molecular flexibility index (Phi) is 3.54. The zero-order valence-corrected chi connectivity index (χ0v) is 11.9. The van der Waals surface area contributed by atoms with Crippen molar-refractivity contribution in [1.29, 1.82) is 5.26 Å². The molecule has 118 valence electrons. The largest absolute Gasteiger partial charge is 0.366 e. The predicted molar refractivity (Wildman–Crippen MR) is 79.1 cm³/mol. The Balaban J connectivity index is 2.22. The molecule has 0 unspecified atom stereocenters. The number of fused-ring (bicyclic) bond motifs is 1. The summed E-state index contributed by atoms with van der Waals surface area (Å²) in [5.74, 6) is -4.56. The van der Waals surface area contributed by atoms with E-state index in [2.05, 4.69) is 9.97 Å². The van der Waals surface area contributed by atoms with Crippen LogP contribution >= 0.6 is 0 Å². The molecule has 0 aliphatic carbocycles. The molecule has 0 atom stereocenters. The number of aromatic nitrogens is 2. The van der Waals surface area contributed by atoms with Gasteiger partial charge in [-0.25, -0.2) is 13.8 Å². The smallest absolute Gasteiger partial charge is 0.251 e. The lowest BCUT2D eigenvalue weighted by atomic mass is 9.99. The number of nitrogens with two attached hydrogens (primary N) is 1. The number of ketones is 1. The maximum Gasteiger partial charge on any atom is 0.251 e. The van der Waals surface area contributed by atoms with E-state index in [1.54, 1.807) is 0 Å². The van der Waals surface area contributed by atoms with E-state index in [0.29, 0.717) is 0 Å². The second kappa shape index (κ2) is 5.55. The number of benzene rings is 1. The third-order valence-electron chi connectivity index (χ3n) is 3.49. The Morgan fingerprint density at radius 1 is 1.25 bits per heavy atom. The lowest BCUT2D eigenvalue weighted by molar-refractivity contribution is 0.0996. The van der Waals surface area contributed by atoms with E-state index >= 15 is 0 Å². The Morgan fingerprint density at radius 3 is 2.67 bits per heavy atom. The molecule has 3 aromatic rings. The molecule has 3 N–H and O–H groups in total. The number of H-pyrrole nitrogens is 1. The van der Waals surface area contributed by atoms with Crippen molar-refractivity contribution in [2.45, 2.75) is 0 Å². The molecule has 3 rings (SSSR count). The number of hydrogen-bond acceptors (Lipinski definition) is 4. The number of rotatable bonds is 3. The van der Waals surface area contributed by atoms with Crippen molar-refractivity contribution in [1.82, 2.24) is 9.97 Å². The number of nitriles is 1. The van der Waals surface area contributed by atoms with Crippen LogP contribution < -0.4 is 5.73 Å². The topological polar surface area (TPSA) is 113 Å². The van der Waals surface area contributed by atoms with E-state index in [1.165, 1.54) is 18.5 Å². The first kappa shape index (κ1) is 15.3. The number of nitrogens with zero attached hydrogens (tertiary/aromatic N) is 2. The van der Waals surface area contributed by atoms with Crippen LogP contribution in [0.1, 0.15) is 31.8 Å². The van der Waals surface area contributed by atoms with Gasteiger partial charge in [0.05, 0.1) is 16.7 Å². The van der Waals surface area contributed by atoms with Gasteiger partial charge in [0, 0.05) is 23.3 Å². The van der Waals surface area contributed by atoms with Gasteiger partial charge in [0.25, 0.3) is 5.91 Å². The van der Waals surface area contributed by atoms with Crippen molar-refractivity contribution >= 4 is 22.7 Å². The molecule has 6 nitrogen and oxygen atoms in total. The number of carbonyl (C=O) groups is 2. The van der Waals surface area contributed by atoms with Crippen LogP contribution in [0.4, 0.5) is 8.78 Å². The van der Waals surface area contributed by atoms with Gasteiger partial charge in [0.1, 0.15) is 23.4 Å². The van der Waals surface area contributed by atoms with Gasteiger partial charge in [-0.15, -0.1) is 0 Å². The highest BCUT2D eigenvalue weighted by Crippen LogP contribution is 2.25. The molecule has 8 heteroatoms. The molecule has 1 aromatic carbocycles. The summed E-state index contributed by atoms with van der Waals surface area (Å²) in [4.78, 5) is 30.4. The fraction of sp³-hybridized carbons (Fsp3) is 0. The number of hydrogen-bond donors (Lipinski definition) is 2. The normalized spacial score (nSPS) is 10.5. The van der Waals surface area contributed by atoms with Crippen molar-refractivity contribution in [3.8, 4) is 6.07 Å². The first-order valence-electron chi connectivity index (χ1n) is 6.63. The van der Waals surface area contributed by atoms with Crippen LogP contribution in [0.2, 0.25) is 0 Å². The summed E-state index contributed by atoms with van der Waals surface area (Å²) in [7, 11) is 0. The van der Waals surface area contributed by atoms with Gasteiger partial charge in [-0.2, -0.15) is 5.26 Å². The second-order valence-electron chi connectivity index (χ2n) is 4.91. The molecule has 0 fully saturated rings. The minimum absolute atomic E-state index is 0.0750. The number of pyridine rings is 1. The molecule has 0 radical (unpaired) electrons. The van der Waals surface area contributed by atoms with E-state index in [-0.39, 0.29) is 22.2 Å². The molecule has 2 aromatic heterocycles. The lowest BCUT2D eigenvalue weighted by Crippen LogP contribution is -2.17. The van der Waals surface area contributed by atoms with E-state index in [4.69, 9.17) is 11.0 Å². The van der Waals surface area contributed by atoms with Crippen molar-refractivity contribution in [3.63, 3.8) is 0 Å². The molecule has 0 saturated heterocycles. The van der Waals surface area contributed by atoms with Crippen molar-refractivity contribution in [3.05, 3.63) is 64.5 Å². The quantitative estimate of drug-likeness (QED) is 0.717. The lowest BCUT2D eigenvalue weighted by Gasteiger charge is -2.06. The standard InChI is InChI=1S/C16H8F2N4O2/c17-11-2-1-8(15(20)24)13(18)12(11)14(23)10-6-22-16-9(10)3-7(4-19)5-21-16/h1-3,5-6H,(H2,20,24)(H,21,22). The van der Waals surface area contributed by atoms with Crippen LogP contribution in [0.15, 0.2) is 30.6 Å². The molecular weight excluding hydrogens is 318 g/mol. The van der Waals surface area contributed by atoms with E-state index in [9.17, 15) is 18.4 Å². The van der Waals surface area contributed by atoms with Crippen LogP contribution in [-0.2, 0) is 0 Å². The zero-order chi connectivity index (χ0) is 17.4. The zero-order valence-electron chi connectivity index (χ0n) is 11.9. The summed E-state index contributed by atoms with van der Waals surface area (Å²) < 4.78 is 28.3. The number of aromatic amines is 1. The third-order valence-corrected chi connectivity index (χ3v) is 3.49. The summed E-state index contributed by atoms with van der Waals surface area (Å²) >= 11 is 0. The average Bonchev–Trinajstić information content (AvgIpc) is 2.97. The Bertz CT molecular complexity index is 1050. The molecule has 0 bridgehead atoms. The maximum absolute atomic E-state index is 14.3. The Labute approximate surface area is 133 Å². The van der Waals surface area contributed by atoms with E-state index in [1.807, 2.05) is 6.07 Å². The maximum atomic E-state index is 14.3. The van der Waals surface area contributed by atoms with Gasteiger partial charge in [-0.1, -0.05) is 0 Å². The number of amides is 1. The molecule has 2 heterocycles. The van der Waals surface area contributed by atoms with E-state index < -0.39 is 34.5 Å². The van der Waals surface area contributed by atoms with Gasteiger partial charge in [-0.05, 0) is 18.2 Å². The SMILES string of the molecule is N#Cc1cnc2[nH]cc(C(=O)c3c(F)ccc(C(N)=O)c3F)c2c1. The highest BCUT2D eigenvalue weighted by Gasteiger charge is 2.25. The highest BCUT2D eigenvalue weighted by atomic mass is 19.1. The summed E-state index contributed by atoms with van der Waals surface area (Å²) in [6, 6.07) is 4.90. The molecule has 0 aliphatic rings. The minimum atomic E-state index is -1.33. The van der Waals surface area contributed by atoms with E-state index in [0.717, 1.165) is 12.1 Å². The second-order valence-corrected chi connectivity index (χ2v) is 4.91. The van der Waals surface area contributed by atoms with Gasteiger partial charge in [0.15, 0.2) is 0 Å². The minimum Gasteiger partial charge on any atom is -0.366 e. The van der Waals surface area contributed by atoms with Gasteiger partial charge in [-0.3, -0.25) is 9.59 Å². The van der Waals surface area contributed by atoms with Crippen LogP contribution in [0, 0.1) is 23.0 Å². The van der Waals surface area contributed by atoms with Crippen LogP contribution in [0.3, 0.4) is 0 Å². The summed E-state index contributed by atoms with van der Waals surface area (Å²) in [6.07, 6.45) is 2.53. The molecule has 0 spiro atoms. The molecule has 0 saturated carbocycles. The van der Waals surface area contributed by atoms with Gasteiger partial charge >= 0.3 is 0 Å². The fourth-order valence-electron chi connectivity index (χ4n) is 2.34. The van der Waals surface area contributed by atoms with Gasteiger partial charge in [0.2, 0.25) is 5.78 Å². The Morgan fingerprint density at radius 2 is 2.00 bits per heavy atom. The fourth-order valence-corrected chi connectivity index (χ4v) is 2.34. The van der Waals surface area contributed by atoms with Crippen LogP contribution in [0.25, 0.3) is 11.0 Å². The Hall–Kier alpha value is -3.60. The third kappa shape index (κ3) is 2.28. The van der Waals surface area contributed by atoms with Crippen molar-refractivity contribution in [2.24, 2.45) is 5.73 Å². The first-order chi connectivity index (χ1) is 11.4. The predicted octanol–water partition coefficient (Wildman–Crippen LogP) is 2.04. The average molecular weight is 326 g/mol.